The number of nitrogens with zero attached hydrogens (tertiary/aromatic N) is 1. The Bertz CT molecular complexity index is 1160. The molecule has 10 heteroatoms. The molecule has 1 aromatic carbocycles. The predicted molar refractivity (Wildman–Crippen MR) is 111 cm³/mol. The lowest BCUT2D eigenvalue weighted by Crippen LogP contribution is -2.26. The van der Waals surface area contributed by atoms with Gasteiger partial charge >= 0.3 is 0 Å². The van der Waals surface area contributed by atoms with Crippen molar-refractivity contribution in [1.82, 2.24) is 9.88 Å². The number of ether oxygens (including phenoxy) is 1. The lowest BCUT2D eigenvalue weighted by Gasteiger charge is -2.14. The maximum absolute atomic E-state index is 13.8. The fraction of sp³-hybridized carbons (Fsp3) is 0.238. The molecule has 7 nitrogen and oxygen atoms in total. The molecule has 3 rings (SSSR count). The summed E-state index contributed by atoms with van der Waals surface area (Å²) in [6, 6.07) is 7.82. The topological polar surface area (TPSA) is 93.7 Å². The lowest BCUT2D eigenvalue weighted by atomic mass is 10.2. The Balaban J connectivity index is 1.76. The van der Waals surface area contributed by atoms with Gasteiger partial charge in [0.2, 0.25) is 0 Å². The van der Waals surface area contributed by atoms with E-state index in [-0.39, 0.29) is 47.8 Å². The average Bonchev–Trinajstić information content (AvgIpc) is 3.21. The molecule has 1 amide bonds. The molecule has 0 saturated heterocycles. The summed E-state index contributed by atoms with van der Waals surface area (Å²) in [5, 5.41) is 11.2. The Kier molecular flexibility index (Phi) is 7.24. The first-order chi connectivity index (χ1) is 14.8. The smallest absolute Gasteiger partial charge is 0.287 e. The van der Waals surface area contributed by atoms with Gasteiger partial charge in [0.05, 0.1) is 13.2 Å². The Morgan fingerprint density at radius 3 is 2.74 bits per heavy atom. The SMILES string of the molecule is Cc1cc(OCc2ccc(F)cc2F)c(Br)c(=O)n1Cc1ccc(C(=O)NCCO)o1. The van der Waals surface area contributed by atoms with Gasteiger partial charge in [-0.1, -0.05) is 0 Å². The third kappa shape index (κ3) is 5.39. The number of pyridine rings is 1. The number of amides is 1. The van der Waals surface area contributed by atoms with E-state index in [0.717, 1.165) is 12.1 Å². The fourth-order valence-corrected chi connectivity index (χ4v) is 3.25. The monoisotopic (exact) mass is 496 g/mol. The van der Waals surface area contributed by atoms with Crippen molar-refractivity contribution in [3.8, 4) is 5.75 Å². The molecular weight excluding hydrogens is 478 g/mol. The zero-order valence-electron chi connectivity index (χ0n) is 16.5. The molecular formula is C21H19BrF2N2O5. The molecule has 3 aromatic rings. The predicted octanol–water partition coefficient (Wildman–Crippen LogP) is 3.14. The van der Waals surface area contributed by atoms with Gasteiger partial charge in [-0.15, -0.1) is 0 Å². The van der Waals surface area contributed by atoms with Gasteiger partial charge in [-0.25, -0.2) is 8.78 Å². The molecule has 0 aliphatic heterocycles. The van der Waals surface area contributed by atoms with Gasteiger partial charge < -0.3 is 24.1 Å². The first-order valence-corrected chi connectivity index (χ1v) is 10.0. The van der Waals surface area contributed by atoms with Crippen molar-refractivity contribution in [3.63, 3.8) is 0 Å². The number of rotatable bonds is 8. The van der Waals surface area contributed by atoms with Crippen LogP contribution in [0.1, 0.15) is 27.6 Å². The number of aromatic nitrogens is 1. The van der Waals surface area contributed by atoms with Gasteiger partial charge in [0, 0.05) is 29.9 Å². The zero-order chi connectivity index (χ0) is 22.5. The molecule has 0 bridgehead atoms. The van der Waals surface area contributed by atoms with E-state index in [1.807, 2.05) is 0 Å². The highest BCUT2D eigenvalue weighted by Gasteiger charge is 2.16. The summed E-state index contributed by atoms with van der Waals surface area (Å²) in [5.41, 5.74) is 0.292. The van der Waals surface area contributed by atoms with E-state index in [4.69, 9.17) is 14.3 Å². The number of aryl methyl sites for hydroxylation is 1. The number of benzene rings is 1. The van der Waals surface area contributed by atoms with E-state index >= 15 is 0 Å². The van der Waals surface area contributed by atoms with Crippen LogP contribution in [-0.4, -0.2) is 28.7 Å². The molecule has 0 spiro atoms. The van der Waals surface area contributed by atoms with Crippen molar-refractivity contribution in [2.24, 2.45) is 0 Å². The number of aliphatic hydroxyl groups excluding tert-OH is 1. The summed E-state index contributed by atoms with van der Waals surface area (Å²) in [5.74, 6) is -1.23. The van der Waals surface area contributed by atoms with E-state index in [1.165, 1.54) is 16.7 Å². The molecule has 31 heavy (non-hydrogen) atoms. The van der Waals surface area contributed by atoms with E-state index in [9.17, 15) is 18.4 Å². The van der Waals surface area contributed by atoms with E-state index < -0.39 is 23.1 Å². The van der Waals surface area contributed by atoms with Crippen LogP contribution in [0.4, 0.5) is 8.78 Å². The first kappa shape index (κ1) is 22.7. The Labute approximate surface area is 184 Å². The molecule has 0 fully saturated rings. The van der Waals surface area contributed by atoms with Crippen LogP contribution in [-0.2, 0) is 13.2 Å². The highest BCUT2D eigenvalue weighted by molar-refractivity contribution is 9.10. The van der Waals surface area contributed by atoms with Crippen LogP contribution in [0.2, 0.25) is 0 Å². The molecule has 0 atom stereocenters. The van der Waals surface area contributed by atoms with Gasteiger partial charge in [0.15, 0.2) is 5.76 Å². The maximum Gasteiger partial charge on any atom is 0.287 e. The van der Waals surface area contributed by atoms with Crippen molar-refractivity contribution in [1.29, 1.82) is 0 Å². The van der Waals surface area contributed by atoms with Crippen LogP contribution in [0.15, 0.2) is 50.1 Å². The van der Waals surface area contributed by atoms with Crippen molar-refractivity contribution in [3.05, 3.63) is 85.6 Å². The molecule has 0 aliphatic carbocycles. The van der Waals surface area contributed by atoms with Gasteiger partial charge in [-0.3, -0.25) is 9.59 Å². The normalized spacial score (nSPS) is 10.9. The third-order valence-electron chi connectivity index (χ3n) is 4.41. The highest BCUT2D eigenvalue weighted by Crippen LogP contribution is 2.24. The number of aliphatic hydroxyl groups is 1. The summed E-state index contributed by atoms with van der Waals surface area (Å²) >= 11 is 3.21. The Morgan fingerprint density at radius 1 is 1.26 bits per heavy atom. The van der Waals surface area contributed by atoms with Crippen molar-refractivity contribution >= 4 is 21.8 Å². The Morgan fingerprint density at radius 2 is 2.03 bits per heavy atom. The minimum atomic E-state index is -0.738. The van der Waals surface area contributed by atoms with Crippen LogP contribution in [0.3, 0.4) is 0 Å². The number of hydrogen-bond acceptors (Lipinski definition) is 5. The zero-order valence-corrected chi connectivity index (χ0v) is 18.0. The van der Waals surface area contributed by atoms with Gasteiger partial charge in [-0.2, -0.15) is 0 Å². The van der Waals surface area contributed by atoms with Crippen LogP contribution in [0.25, 0.3) is 0 Å². The van der Waals surface area contributed by atoms with Crippen molar-refractivity contribution < 1.29 is 27.8 Å². The van der Waals surface area contributed by atoms with Crippen molar-refractivity contribution in [2.75, 3.05) is 13.2 Å². The Hall–Kier alpha value is -2.98. The van der Waals surface area contributed by atoms with Crippen LogP contribution in [0, 0.1) is 18.6 Å². The van der Waals surface area contributed by atoms with E-state index in [2.05, 4.69) is 21.2 Å². The summed E-state index contributed by atoms with van der Waals surface area (Å²) in [4.78, 5) is 24.7. The largest absolute Gasteiger partial charge is 0.487 e. The summed E-state index contributed by atoms with van der Waals surface area (Å²) in [7, 11) is 0. The van der Waals surface area contributed by atoms with Gasteiger partial charge in [0.25, 0.3) is 11.5 Å². The number of carbonyl (C=O) groups is 1. The minimum absolute atomic E-state index is 0.0643. The van der Waals surface area contributed by atoms with Crippen LogP contribution < -0.4 is 15.6 Å². The quantitative estimate of drug-likeness (QED) is 0.499. The summed E-state index contributed by atoms with van der Waals surface area (Å²) < 4.78 is 39.4. The maximum atomic E-state index is 13.8. The number of carbonyl (C=O) groups excluding carboxylic acids is 1. The number of nitrogens with one attached hydrogen (secondary N) is 1. The fourth-order valence-electron chi connectivity index (χ4n) is 2.81. The average molecular weight is 497 g/mol. The molecule has 0 aliphatic rings. The van der Waals surface area contributed by atoms with E-state index in [1.54, 1.807) is 19.1 Å². The molecule has 2 aromatic heterocycles. The molecule has 0 unspecified atom stereocenters. The lowest BCUT2D eigenvalue weighted by molar-refractivity contribution is 0.0915. The van der Waals surface area contributed by atoms with Crippen LogP contribution >= 0.6 is 15.9 Å². The molecule has 0 radical (unpaired) electrons. The van der Waals surface area contributed by atoms with Crippen molar-refractivity contribution in [2.45, 2.75) is 20.1 Å². The van der Waals surface area contributed by atoms with Crippen LogP contribution in [0.5, 0.6) is 5.75 Å². The molecule has 2 heterocycles. The van der Waals surface area contributed by atoms with E-state index in [0.29, 0.717) is 11.5 Å². The highest BCUT2D eigenvalue weighted by atomic mass is 79.9. The third-order valence-corrected chi connectivity index (χ3v) is 5.14. The minimum Gasteiger partial charge on any atom is -0.487 e. The molecule has 2 N–H and O–H groups in total. The van der Waals surface area contributed by atoms with Gasteiger partial charge in [0.1, 0.15) is 34.2 Å². The summed E-state index contributed by atoms with van der Waals surface area (Å²) in [6.07, 6.45) is 0. The van der Waals surface area contributed by atoms with Gasteiger partial charge in [-0.05, 0) is 47.1 Å². The summed E-state index contributed by atoms with van der Waals surface area (Å²) in [6.45, 7) is 1.49. The first-order valence-electron chi connectivity index (χ1n) is 9.24. The standard InChI is InChI=1S/C21H19BrF2N2O5/c1-12-8-18(30-11-13-2-3-14(23)9-16(13)24)19(22)21(29)26(12)10-15-4-5-17(31-15)20(28)25-6-7-27/h2-5,8-9,27H,6-7,10-11H2,1H3,(H,25,28). The molecule has 0 saturated carbocycles. The molecule has 164 valence electrons. The number of halogens is 3. The second-order valence-corrected chi connectivity index (χ2v) is 7.42. The number of furan rings is 1. The second kappa shape index (κ2) is 9.88. The number of hydrogen-bond donors (Lipinski definition) is 2. The second-order valence-electron chi connectivity index (χ2n) is 6.63.